The maximum atomic E-state index is 13.1. The minimum Gasteiger partial charge on any atom is -0.494 e. The van der Waals surface area contributed by atoms with Crippen LogP contribution in [-0.4, -0.2) is 21.2 Å². The van der Waals surface area contributed by atoms with Crippen molar-refractivity contribution in [1.82, 2.24) is 9.97 Å². The number of hydrogen-bond acceptors (Lipinski definition) is 6. The van der Waals surface area contributed by atoms with Crippen LogP contribution in [0.15, 0.2) is 33.5 Å². The van der Waals surface area contributed by atoms with Crippen LogP contribution in [0.1, 0.15) is 60.9 Å². The van der Waals surface area contributed by atoms with Gasteiger partial charge in [0.15, 0.2) is 0 Å². The van der Waals surface area contributed by atoms with Crippen LogP contribution in [0.25, 0.3) is 11.5 Å². The number of thiazole rings is 1. The summed E-state index contributed by atoms with van der Waals surface area (Å²) in [6.07, 6.45) is 1.60. The number of oxazole rings is 1. The summed E-state index contributed by atoms with van der Waals surface area (Å²) in [6, 6.07) is 4.96. The summed E-state index contributed by atoms with van der Waals surface area (Å²) in [4.78, 5) is 18.6. The molecule has 1 saturated carbocycles. The normalized spacial score (nSPS) is 18.9. The smallest absolute Gasteiger partial charge is 0.416 e. The van der Waals surface area contributed by atoms with Crippen LogP contribution in [0.3, 0.4) is 0 Å². The number of aryl methyl sites for hydroxylation is 2. The van der Waals surface area contributed by atoms with Crippen molar-refractivity contribution in [3.63, 3.8) is 0 Å². The number of aromatic amines is 1. The maximum absolute atomic E-state index is 13.1. The molecule has 2 aromatic heterocycles. The van der Waals surface area contributed by atoms with E-state index in [0.717, 1.165) is 55.6 Å². The SMILES string of the molecule is CCc1oc(-c2cccc(C(F)(F)F)c2)nc1CO[C@H]1CCC[C@@H](CCc2sc(=O)[nH]c2O)C1. The molecule has 1 aromatic carbocycles. The molecule has 6 nitrogen and oxygen atoms in total. The van der Waals surface area contributed by atoms with Crippen molar-refractivity contribution in [3.8, 4) is 17.3 Å². The highest BCUT2D eigenvalue weighted by Crippen LogP contribution is 2.34. The molecule has 2 N–H and O–H groups in total. The molecule has 0 amide bonds. The summed E-state index contributed by atoms with van der Waals surface area (Å²) < 4.78 is 51.1. The quantitative estimate of drug-likeness (QED) is 0.394. The Bertz CT molecular complexity index is 1170. The predicted molar refractivity (Wildman–Crippen MR) is 122 cm³/mol. The lowest BCUT2D eigenvalue weighted by Gasteiger charge is -2.29. The molecule has 0 saturated heterocycles. The van der Waals surface area contributed by atoms with E-state index in [1.54, 1.807) is 6.07 Å². The third-order valence-corrected chi connectivity index (χ3v) is 7.14. The molecule has 0 bridgehead atoms. The zero-order chi connectivity index (χ0) is 24.3. The van der Waals surface area contributed by atoms with Gasteiger partial charge in [-0.25, -0.2) is 4.98 Å². The highest BCUT2D eigenvalue weighted by molar-refractivity contribution is 7.09. The highest BCUT2D eigenvalue weighted by Gasteiger charge is 2.31. The molecule has 10 heteroatoms. The number of benzene rings is 1. The molecule has 1 aliphatic rings. The number of nitrogens with zero attached hydrogens (tertiary/aromatic N) is 1. The van der Waals surface area contributed by atoms with Gasteiger partial charge >= 0.3 is 11.0 Å². The van der Waals surface area contributed by atoms with E-state index in [-0.39, 0.29) is 34.9 Å². The summed E-state index contributed by atoms with van der Waals surface area (Å²) in [5.74, 6) is 1.17. The van der Waals surface area contributed by atoms with Gasteiger partial charge in [0.25, 0.3) is 0 Å². The number of nitrogens with one attached hydrogen (secondary N) is 1. The standard InChI is InChI=1S/C24H27F3N2O4S/c1-2-19-18(28-22(33-19)15-6-4-7-16(12-15)24(25,26)27)13-32-17-8-3-5-14(11-17)9-10-20-21(30)29-23(31)34-20/h4,6-7,12,14,17,30H,2-3,5,8-11,13H2,1H3,(H,29,31)/t14-,17-/m0/s1. The average Bonchev–Trinajstić information content (AvgIpc) is 3.38. The number of aromatic nitrogens is 2. The van der Waals surface area contributed by atoms with E-state index in [2.05, 4.69) is 9.97 Å². The third kappa shape index (κ3) is 5.90. The summed E-state index contributed by atoms with van der Waals surface area (Å²) in [7, 11) is 0. The van der Waals surface area contributed by atoms with Crippen molar-refractivity contribution in [3.05, 3.63) is 55.8 Å². The minimum atomic E-state index is -4.43. The van der Waals surface area contributed by atoms with Crippen LogP contribution in [0.5, 0.6) is 5.88 Å². The van der Waals surface area contributed by atoms with Crippen LogP contribution in [0, 0.1) is 5.92 Å². The van der Waals surface area contributed by atoms with Crippen molar-refractivity contribution in [2.45, 2.75) is 70.8 Å². The fourth-order valence-corrected chi connectivity index (χ4v) is 5.17. The van der Waals surface area contributed by atoms with Gasteiger partial charge in [0.05, 0.1) is 23.2 Å². The number of aromatic hydroxyl groups is 1. The fraction of sp³-hybridized carbons (Fsp3) is 0.500. The summed E-state index contributed by atoms with van der Waals surface area (Å²) in [5, 5.41) is 9.77. The first-order valence-electron chi connectivity index (χ1n) is 11.4. The lowest BCUT2D eigenvalue weighted by Crippen LogP contribution is -2.23. The predicted octanol–water partition coefficient (Wildman–Crippen LogP) is 6.09. The molecule has 1 fully saturated rings. The molecule has 2 atom stereocenters. The van der Waals surface area contributed by atoms with Gasteiger partial charge in [-0.1, -0.05) is 37.2 Å². The van der Waals surface area contributed by atoms with Crippen LogP contribution >= 0.6 is 11.3 Å². The Morgan fingerprint density at radius 2 is 2.15 bits per heavy atom. The van der Waals surface area contributed by atoms with Gasteiger partial charge < -0.3 is 14.3 Å². The largest absolute Gasteiger partial charge is 0.494 e. The van der Waals surface area contributed by atoms with E-state index in [9.17, 15) is 23.1 Å². The Morgan fingerprint density at radius 1 is 1.32 bits per heavy atom. The van der Waals surface area contributed by atoms with E-state index < -0.39 is 11.7 Å². The molecule has 4 rings (SSSR count). The highest BCUT2D eigenvalue weighted by atomic mass is 32.1. The number of H-pyrrole nitrogens is 1. The van der Waals surface area contributed by atoms with E-state index >= 15 is 0 Å². The second kappa shape index (κ2) is 10.4. The van der Waals surface area contributed by atoms with Gasteiger partial charge in [0.2, 0.25) is 11.8 Å². The Morgan fingerprint density at radius 3 is 2.85 bits per heavy atom. The number of hydrogen-bond donors (Lipinski definition) is 2. The van der Waals surface area contributed by atoms with E-state index in [1.807, 2.05) is 6.92 Å². The summed E-state index contributed by atoms with van der Waals surface area (Å²) in [6.45, 7) is 2.14. The Kier molecular flexibility index (Phi) is 7.47. The van der Waals surface area contributed by atoms with E-state index in [1.165, 1.54) is 6.07 Å². The van der Waals surface area contributed by atoms with Crippen molar-refractivity contribution in [2.24, 2.45) is 5.92 Å². The maximum Gasteiger partial charge on any atom is 0.416 e. The summed E-state index contributed by atoms with van der Waals surface area (Å²) in [5.41, 5.74) is 0.149. The fourth-order valence-electron chi connectivity index (χ4n) is 4.43. The average molecular weight is 497 g/mol. The molecule has 0 aliphatic heterocycles. The molecular weight excluding hydrogens is 469 g/mol. The van der Waals surface area contributed by atoms with Gasteiger partial charge in [-0.3, -0.25) is 9.78 Å². The van der Waals surface area contributed by atoms with E-state index in [0.29, 0.717) is 35.1 Å². The van der Waals surface area contributed by atoms with Crippen molar-refractivity contribution >= 4 is 11.3 Å². The van der Waals surface area contributed by atoms with Crippen molar-refractivity contribution in [2.75, 3.05) is 0 Å². The minimum absolute atomic E-state index is 0.0340. The van der Waals surface area contributed by atoms with Gasteiger partial charge in [-0.05, 0) is 49.8 Å². The molecule has 0 spiro atoms. The second-order valence-corrected chi connectivity index (χ2v) is 9.68. The van der Waals surface area contributed by atoms with Gasteiger partial charge in [0, 0.05) is 12.0 Å². The first-order valence-corrected chi connectivity index (χ1v) is 12.2. The summed E-state index contributed by atoms with van der Waals surface area (Å²) >= 11 is 1.04. The number of alkyl halides is 3. The topological polar surface area (TPSA) is 88.4 Å². The number of ether oxygens (including phenoxy) is 1. The van der Waals surface area contributed by atoms with Gasteiger partial charge in [0.1, 0.15) is 11.5 Å². The molecule has 3 aromatic rings. The van der Waals surface area contributed by atoms with Crippen LogP contribution in [0.2, 0.25) is 0 Å². The molecule has 184 valence electrons. The molecular formula is C24H27F3N2O4S. The Balaban J connectivity index is 1.37. The first kappa shape index (κ1) is 24.5. The molecule has 2 heterocycles. The van der Waals surface area contributed by atoms with Gasteiger partial charge in [-0.2, -0.15) is 13.2 Å². The Hall–Kier alpha value is -2.59. The molecule has 1 aliphatic carbocycles. The first-order chi connectivity index (χ1) is 16.2. The van der Waals surface area contributed by atoms with Crippen LogP contribution in [0.4, 0.5) is 13.2 Å². The zero-order valence-electron chi connectivity index (χ0n) is 18.8. The van der Waals surface area contributed by atoms with Gasteiger partial charge in [-0.15, -0.1) is 0 Å². The number of halogens is 3. The van der Waals surface area contributed by atoms with E-state index in [4.69, 9.17) is 9.15 Å². The molecule has 0 unspecified atom stereocenters. The lowest BCUT2D eigenvalue weighted by atomic mass is 9.84. The molecule has 0 radical (unpaired) electrons. The Labute approximate surface area is 198 Å². The third-order valence-electron chi connectivity index (χ3n) is 6.21. The number of rotatable bonds is 8. The lowest BCUT2D eigenvalue weighted by molar-refractivity contribution is -0.137. The van der Waals surface area contributed by atoms with Crippen LogP contribution in [-0.2, 0) is 30.4 Å². The van der Waals surface area contributed by atoms with Crippen molar-refractivity contribution < 1.29 is 27.4 Å². The zero-order valence-corrected chi connectivity index (χ0v) is 19.6. The monoisotopic (exact) mass is 496 g/mol. The second-order valence-electron chi connectivity index (χ2n) is 8.61. The molecule has 34 heavy (non-hydrogen) atoms. The van der Waals surface area contributed by atoms with Crippen molar-refractivity contribution in [1.29, 1.82) is 0 Å². The van der Waals surface area contributed by atoms with Crippen LogP contribution < -0.4 is 4.87 Å².